The largest absolute Gasteiger partial charge is 0.359 e. The van der Waals surface area contributed by atoms with Gasteiger partial charge in [0.15, 0.2) is 5.11 Å². The highest BCUT2D eigenvalue weighted by Gasteiger charge is 2.48. The van der Waals surface area contributed by atoms with Gasteiger partial charge in [-0.3, -0.25) is 0 Å². The lowest BCUT2D eigenvalue weighted by atomic mass is 9.54. The molecule has 0 aliphatic heterocycles. The van der Waals surface area contributed by atoms with Gasteiger partial charge in [-0.1, -0.05) is 29.3 Å². The van der Waals surface area contributed by atoms with Gasteiger partial charge < -0.3 is 10.6 Å². The molecule has 1 aromatic carbocycles. The van der Waals surface area contributed by atoms with Gasteiger partial charge in [-0.15, -0.1) is 0 Å². The van der Waals surface area contributed by atoms with E-state index >= 15 is 0 Å². The molecule has 2 nitrogen and oxygen atoms in total. The van der Waals surface area contributed by atoms with Crippen molar-refractivity contribution in [3.8, 4) is 0 Å². The highest BCUT2D eigenvalue weighted by Crippen LogP contribution is 2.53. The van der Waals surface area contributed by atoms with Crippen molar-refractivity contribution in [3.63, 3.8) is 0 Å². The molecular weight excluding hydrogens is 347 g/mol. The molecule has 4 aliphatic rings. The first-order chi connectivity index (χ1) is 11.1. The number of nitrogens with one attached hydrogen (secondary N) is 2. The van der Waals surface area contributed by atoms with Gasteiger partial charge in [0.05, 0.1) is 0 Å². The summed E-state index contributed by atoms with van der Waals surface area (Å²) in [5.74, 6) is 3.63. The summed E-state index contributed by atoms with van der Waals surface area (Å²) in [5.41, 5.74) is 1.02. The van der Waals surface area contributed by atoms with Gasteiger partial charge in [-0.05, 0) is 85.7 Å². The fraction of sp³-hybridized carbons (Fsp3) is 0.611. The van der Waals surface area contributed by atoms with Crippen molar-refractivity contribution in [1.82, 2.24) is 10.6 Å². The predicted molar refractivity (Wildman–Crippen MR) is 99.9 cm³/mol. The van der Waals surface area contributed by atoms with E-state index in [4.69, 9.17) is 35.4 Å². The van der Waals surface area contributed by atoms with Gasteiger partial charge in [0.1, 0.15) is 0 Å². The second-order valence-electron chi connectivity index (χ2n) is 7.52. The Kier molecular flexibility index (Phi) is 4.46. The molecule has 4 bridgehead atoms. The third-order valence-corrected chi connectivity index (χ3v) is 6.83. The summed E-state index contributed by atoms with van der Waals surface area (Å²) in [6.45, 7) is 0.634. The second kappa shape index (κ2) is 6.42. The number of rotatable bonds is 3. The van der Waals surface area contributed by atoms with Gasteiger partial charge in [0, 0.05) is 22.6 Å². The van der Waals surface area contributed by atoms with Crippen molar-refractivity contribution in [3.05, 3.63) is 33.8 Å². The summed E-state index contributed by atoms with van der Waals surface area (Å²) in [6, 6.07) is 6.15. The zero-order chi connectivity index (χ0) is 16.0. The van der Waals surface area contributed by atoms with E-state index in [1.54, 1.807) is 6.07 Å². The smallest absolute Gasteiger partial charge is 0.166 e. The van der Waals surface area contributed by atoms with Crippen LogP contribution in [0.5, 0.6) is 0 Å². The molecule has 0 atom stereocenters. The van der Waals surface area contributed by atoms with Crippen molar-refractivity contribution in [2.24, 2.45) is 23.7 Å². The third-order valence-electron chi connectivity index (χ3n) is 5.98. The normalized spacial score (nSPS) is 34.4. The van der Waals surface area contributed by atoms with Crippen LogP contribution in [0, 0.1) is 23.7 Å². The quantitative estimate of drug-likeness (QED) is 0.750. The minimum atomic E-state index is 0.573. The lowest BCUT2D eigenvalue weighted by molar-refractivity contribution is -0.00694. The van der Waals surface area contributed by atoms with Gasteiger partial charge in [0.2, 0.25) is 0 Å². The van der Waals surface area contributed by atoms with Crippen LogP contribution in [0.25, 0.3) is 0 Å². The Morgan fingerprint density at radius 2 is 1.70 bits per heavy atom. The molecule has 0 heterocycles. The summed E-state index contributed by atoms with van der Waals surface area (Å²) >= 11 is 17.7. The van der Waals surface area contributed by atoms with E-state index < -0.39 is 0 Å². The zero-order valence-electron chi connectivity index (χ0n) is 13.0. The standard InChI is InChI=1S/C18H22Cl2N2S/c19-15-2-1-12(16(20)8-15)9-21-18(23)22-17-13-4-10-3-11(6-13)7-14(17)5-10/h1-2,8,10-11,13-14,17H,3-7,9H2,(H2,21,22,23). The first-order valence-corrected chi connectivity index (χ1v) is 9.73. The fourth-order valence-corrected chi connectivity index (χ4v) is 5.89. The van der Waals surface area contributed by atoms with E-state index in [0.29, 0.717) is 22.6 Å². The Bertz CT molecular complexity index is 591. The monoisotopic (exact) mass is 368 g/mol. The molecule has 0 unspecified atom stereocenters. The van der Waals surface area contributed by atoms with Crippen LogP contribution >= 0.6 is 35.4 Å². The molecule has 23 heavy (non-hydrogen) atoms. The molecule has 0 radical (unpaired) electrons. The van der Waals surface area contributed by atoms with Crippen LogP contribution in [0.1, 0.15) is 37.7 Å². The summed E-state index contributed by atoms with van der Waals surface area (Å²) in [6.07, 6.45) is 7.08. The molecule has 4 aliphatic carbocycles. The average molecular weight is 369 g/mol. The topological polar surface area (TPSA) is 24.1 Å². The first-order valence-electron chi connectivity index (χ1n) is 8.57. The maximum Gasteiger partial charge on any atom is 0.166 e. The third kappa shape index (κ3) is 3.33. The van der Waals surface area contributed by atoms with E-state index in [-0.39, 0.29) is 0 Å². The molecular formula is C18H22Cl2N2S. The molecule has 5 heteroatoms. The minimum absolute atomic E-state index is 0.573. The van der Waals surface area contributed by atoms with E-state index in [1.165, 1.54) is 32.1 Å². The Hall–Kier alpha value is -0.510. The fourth-order valence-electron chi connectivity index (χ4n) is 5.20. The number of benzene rings is 1. The minimum Gasteiger partial charge on any atom is -0.359 e. The zero-order valence-corrected chi connectivity index (χ0v) is 15.4. The van der Waals surface area contributed by atoms with Crippen LogP contribution in [0.15, 0.2) is 18.2 Å². The van der Waals surface area contributed by atoms with Crippen LogP contribution < -0.4 is 10.6 Å². The van der Waals surface area contributed by atoms with Crippen molar-refractivity contribution < 1.29 is 0 Å². The molecule has 0 saturated heterocycles. The average Bonchev–Trinajstić information content (AvgIpc) is 2.49. The lowest BCUT2D eigenvalue weighted by Crippen LogP contribution is -2.57. The van der Waals surface area contributed by atoms with Crippen molar-refractivity contribution in [1.29, 1.82) is 0 Å². The van der Waals surface area contributed by atoms with Crippen LogP contribution in [0.4, 0.5) is 0 Å². The molecule has 1 aromatic rings. The van der Waals surface area contributed by atoms with Gasteiger partial charge in [0.25, 0.3) is 0 Å². The van der Waals surface area contributed by atoms with Crippen LogP contribution in [0.3, 0.4) is 0 Å². The number of hydrogen-bond donors (Lipinski definition) is 2. The molecule has 0 amide bonds. The van der Waals surface area contributed by atoms with Crippen molar-refractivity contribution in [2.75, 3.05) is 0 Å². The summed E-state index contributed by atoms with van der Waals surface area (Å²) < 4.78 is 0. The van der Waals surface area contributed by atoms with Crippen molar-refractivity contribution in [2.45, 2.75) is 44.7 Å². The summed E-state index contributed by atoms with van der Waals surface area (Å²) in [4.78, 5) is 0. The molecule has 0 spiro atoms. The van der Waals surface area contributed by atoms with E-state index in [0.717, 1.165) is 34.3 Å². The Labute approximate surface area is 153 Å². The van der Waals surface area contributed by atoms with E-state index in [2.05, 4.69) is 10.6 Å². The van der Waals surface area contributed by atoms with Crippen LogP contribution in [-0.4, -0.2) is 11.2 Å². The lowest BCUT2D eigenvalue weighted by Gasteiger charge is -2.54. The van der Waals surface area contributed by atoms with Crippen LogP contribution in [0.2, 0.25) is 10.0 Å². The molecule has 5 rings (SSSR count). The highest BCUT2D eigenvalue weighted by atomic mass is 35.5. The van der Waals surface area contributed by atoms with E-state index in [9.17, 15) is 0 Å². The predicted octanol–water partition coefficient (Wildman–Crippen LogP) is 4.78. The van der Waals surface area contributed by atoms with Gasteiger partial charge in [-0.2, -0.15) is 0 Å². The Morgan fingerprint density at radius 3 is 2.30 bits per heavy atom. The van der Waals surface area contributed by atoms with E-state index in [1.807, 2.05) is 12.1 Å². The molecule has 0 aromatic heterocycles. The maximum atomic E-state index is 6.22. The van der Waals surface area contributed by atoms with Gasteiger partial charge >= 0.3 is 0 Å². The number of halogens is 2. The molecule has 4 fully saturated rings. The summed E-state index contributed by atoms with van der Waals surface area (Å²) in [5, 5.41) is 9.03. The molecule has 2 N–H and O–H groups in total. The number of thiocarbonyl (C=S) groups is 1. The maximum absolute atomic E-state index is 6.22. The SMILES string of the molecule is S=C(NCc1ccc(Cl)cc1Cl)NC1C2CC3CC(C2)CC1C3. The molecule has 124 valence electrons. The van der Waals surface area contributed by atoms with Crippen LogP contribution in [-0.2, 0) is 6.54 Å². The first kappa shape index (κ1) is 16.0. The highest BCUT2D eigenvalue weighted by molar-refractivity contribution is 7.80. The Morgan fingerprint density at radius 1 is 1.04 bits per heavy atom. The number of hydrogen-bond acceptors (Lipinski definition) is 1. The van der Waals surface area contributed by atoms with Crippen molar-refractivity contribution >= 4 is 40.5 Å². The van der Waals surface area contributed by atoms with Gasteiger partial charge in [-0.25, -0.2) is 0 Å². The second-order valence-corrected chi connectivity index (χ2v) is 8.77. The molecule has 4 saturated carbocycles. The summed E-state index contributed by atoms with van der Waals surface area (Å²) in [7, 11) is 0. The Balaban J connectivity index is 1.33.